The van der Waals surface area contributed by atoms with Gasteiger partial charge in [0.05, 0.1) is 18.3 Å². The molecule has 1 aromatic carbocycles. The summed E-state index contributed by atoms with van der Waals surface area (Å²) in [6, 6.07) is 10.5. The van der Waals surface area contributed by atoms with Crippen LogP contribution >= 0.6 is 0 Å². The fourth-order valence-corrected chi connectivity index (χ4v) is 4.05. The number of amides is 1. The second-order valence-corrected chi connectivity index (χ2v) is 7.86. The minimum atomic E-state index is -0.271. The summed E-state index contributed by atoms with van der Waals surface area (Å²) in [7, 11) is 0. The third kappa shape index (κ3) is 4.83. The molecule has 6 heteroatoms. The number of benzene rings is 1. The summed E-state index contributed by atoms with van der Waals surface area (Å²) in [5, 5.41) is 2.97. The molecule has 2 aromatic rings. The highest BCUT2D eigenvalue weighted by molar-refractivity contribution is 5.78. The van der Waals surface area contributed by atoms with Crippen LogP contribution < -0.4 is 10.9 Å². The summed E-state index contributed by atoms with van der Waals surface area (Å²) in [5.74, 6) is -0.164. The average Bonchev–Trinajstić information content (AvgIpc) is 2.63. The van der Waals surface area contributed by atoms with Crippen LogP contribution in [0.15, 0.2) is 47.7 Å². The lowest BCUT2D eigenvalue weighted by Gasteiger charge is -2.45. The first-order valence-electron chi connectivity index (χ1n) is 9.38. The van der Waals surface area contributed by atoms with Crippen molar-refractivity contribution in [2.75, 3.05) is 13.2 Å². The van der Waals surface area contributed by atoms with E-state index in [2.05, 4.69) is 53.4 Å². The van der Waals surface area contributed by atoms with Crippen molar-refractivity contribution in [3.05, 3.63) is 64.3 Å². The molecule has 2 N–H and O–H groups in total. The predicted octanol–water partition coefficient (Wildman–Crippen LogP) is 2.35. The molecule has 1 aromatic heterocycles. The molecule has 1 atom stereocenters. The Morgan fingerprint density at radius 1 is 1.30 bits per heavy atom. The number of nitrogens with zero attached hydrogens (tertiary/aromatic N) is 1. The van der Waals surface area contributed by atoms with E-state index in [4.69, 9.17) is 4.74 Å². The van der Waals surface area contributed by atoms with Crippen LogP contribution in [0.4, 0.5) is 0 Å². The van der Waals surface area contributed by atoms with E-state index >= 15 is 0 Å². The molecule has 27 heavy (non-hydrogen) atoms. The van der Waals surface area contributed by atoms with Crippen molar-refractivity contribution in [2.24, 2.45) is 0 Å². The van der Waals surface area contributed by atoms with Gasteiger partial charge in [0.15, 0.2) is 0 Å². The fraction of sp³-hybridized carbons (Fsp3) is 0.476. The number of H-pyrrole nitrogens is 1. The molecule has 6 nitrogen and oxygen atoms in total. The number of ether oxygens (including phenoxy) is 1. The van der Waals surface area contributed by atoms with E-state index in [1.54, 1.807) is 0 Å². The summed E-state index contributed by atoms with van der Waals surface area (Å²) in [4.78, 5) is 30.3. The number of carbonyl (C=O) groups excluding carboxylic acids is 1. The van der Waals surface area contributed by atoms with Gasteiger partial charge >= 0.3 is 0 Å². The van der Waals surface area contributed by atoms with Gasteiger partial charge in [0.25, 0.3) is 5.56 Å². The maximum Gasteiger partial charge on any atom is 0.254 e. The van der Waals surface area contributed by atoms with E-state index in [-0.39, 0.29) is 28.9 Å². The third-order valence-corrected chi connectivity index (χ3v) is 5.29. The van der Waals surface area contributed by atoms with Gasteiger partial charge in [0.1, 0.15) is 0 Å². The fourth-order valence-electron chi connectivity index (χ4n) is 4.05. The molecule has 144 valence electrons. The maximum atomic E-state index is 12.3. The summed E-state index contributed by atoms with van der Waals surface area (Å²) < 4.78 is 5.93. The Labute approximate surface area is 159 Å². The van der Waals surface area contributed by atoms with Gasteiger partial charge in [0.2, 0.25) is 5.91 Å². The first kappa shape index (κ1) is 19.3. The molecule has 0 saturated carbocycles. The Balaban J connectivity index is 1.66. The van der Waals surface area contributed by atoms with E-state index in [1.165, 1.54) is 18.1 Å². The Hall–Kier alpha value is -2.47. The summed E-state index contributed by atoms with van der Waals surface area (Å²) in [5.41, 5.74) is 1.18. The molecule has 0 spiro atoms. The van der Waals surface area contributed by atoms with Gasteiger partial charge < -0.3 is 15.0 Å². The molecule has 3 rings (SSSR count). The third-order valence-electron chi connectivity index (χ3n) is 5.29. The molecule has 1 fully saturated rings. The Kier molecular flexibility index (Phi) is 5.75. The molecule has 2 heterocycles. The van der Waals surface area contributed by atoms with Crippen LogP contribution in [0.2, 0.25) is 0 Å². The van der Waals surface area contributed by atoms with Crippen molar-refractivity contribution in [2.45, 2.75) is 50.5 Å². The standard InChI is InChI=1S/C21H27N3O3/c1-20(2)14-21(9-11-27-20,17-6-4-3-5-7-17)8-10-23-18(25)12-16-13-22-15-24-19(16)26/h3-7,13,15H,8-12,14H2,1-2H3,(H,23,25)(H,22,24,26)/t21-/m0/s1. The van der Waals surface area contributed by atoms with Gasteiger partial charge in [-0.3, -0.25) is 9.59 Å². The Morgan fingerprint density at radius 2 is 2.07 bits per heavy atom. The van der Waals surface area contributed by atoms with Crippen molar-refractivity contribution >= 4 is 5.91 Å². The highest BCUT2D eigenvalue weighted by atomic mass is 16.5. The molecule has 0 bridgehead atoms. The van der Waals surface area contributed by atoms with Crippen molar-refractivity contribution < 1.29 is 9.53 Å². The molecule has 0 unspecified atom stereocenters. The lowest BCUT2D eigenvalue weighted by Crippen LogP contribution is -2.45. The van der Waals surface area contributed by atoms with Gasteiger partial charge in [-0.1, -0.05) is 30.3 Å². The number of hydrogen-bond acceptors (Lipinski definition) is 4. The molecule has 1 aliphatic heterocycles. The first-order chi connectivity index (χ1) is 12.9. The zero-order valence-corrected chi connectivity index (χ0v) is 16.0. The van der Waals surface area contributed by atoms with Crippen LogP contribution in [0.3, 0.4) is 0 Å². The van der Waals surface area contributed by atoms with E-state index in [9.17, 15) is 9.59 Å². The predicted molar refractivity (Wildman–Crippen MR) is 104 cm³/mol. The summed E-state index contributed by atoms with van der Waals surface area (Å²) in [6.07, 6.45) is 5.46. The largest absolute Gasteiger partial charge is 0.376 e. The Bertz CT molecular complexity index is 832. The van der Waals surface area contributed by atoms with E-state index in [0.29, 0.717) is 18.7 Å². The summed E-state index contributed by atoms with van der Waals surface area (Å²) in [6.45, 7) is 5.51. The average molecular weight is 369 g/mol. The van der Waals surface area contributed by atoms with Crippen LogP contribution in [-0.4, -0.2) is 34.6 Å². The zero-order chi connectivity index (χ0) is 19.3. The minimum absolute atomic E-state index is 0.0257. The van der Waals surface area contributed by atoms with E-state index in [0.717, 1.165) is 19.3 Å². The second-order valence-electron chi connectivity index (χ2n) is 7.86. The zero-order valence-electron chi connectivity index (χ0n) is 16.0. The molecular formula is C21H27N3O3. The number of nitrogens with one attached hydrogen (secondary N) is 2. The van der Waals surface area contributed by atoms with Crippen LogP contribution in [-0.2, 0) is 21.4 Å². The molecule has 1 aliphatic rings. The lowest BCUT2D eigenvalue weighted by atomic mass is 9.67. The molecular weight excluding hydrogens is 342 g/mol. The van der Waals surface area contributed by atoms with Crippen molar-refractivity contribution in [3.63, 3.8) is 0 Å². The lowest BCUT2D eigenvalue weighted by molar-refractivity contribution is -0.120. The second kappa shape index (κ2) is 8.05. The highest BCUT2D eigenvalue weighted by Crippen LogP contribution is 2.43. The molecule has 1 amide bonds. The smallest absolute Gasteiger partial charge is 0.254 e. The van der Waals surface area contributed by atoms with Crippen molar-refractivity contribution in [1.82, 2.24) is 15.3 Å². The molecule has 0 radical (unpaired) electrons. The molecule has 0 aliphatic carbocycles. The van der Waals surface area contributed by atoms with Gasteiger partial charge in [0, 0.05) is 30.3 Å². The maximum absolute atomic E-state index is 12.3. The van der Waals surface area contributed by atoms with Crippen LogP contribution in [0, 0.1) is 0 Å². The Morgan fingerprint density at radius 3 is 2.78 bits per heavy atom. The summed E-state index contributed by atoms with van der Waals surface area (Å²) >= 11 is 0. The monoisotopic (exact) mass is 369 g/mol. The van der Waals surface area contributed by atoms with Crippen molar-refractivity contribution in [1.29, 1.82) is 0 Å². The van der Waals surface area contributed by atoms with Gasteiger partial charge in [-0.15, -0.1) is 0 Å². The SMILES string of the molecule is CC1(C)C[C@@](CCNC(=O)Cc2cnc[nH]c2=O)(c2ccccc2)CCO1. The number of hydrogen-bond donors (Lipinski definition) is 2. The van der Waals surface area contributed by atoms with Gasteiger partial charge in [-0.2, -0.15) is 0 Å². The van der Waals surface area contributed by atoms with Gasteiger partial charge in [-0.05, 0) is 38.7 Å². The van der Waals surface area contributed by atoms with Gasteiger partial charge in [-0.25, -0.2) is 4.98 Å². The van der Waals surface area contributed by atoms with E-state index in [1.807, 2.05) is 6.07 Å². The quantitative estimate of drug-likeness (QED) is 0.819. The highest BCUT2D eigenvalue weighted by Gasteiger charge is 2.41. The van der Waals surface area contributed by atoms with Crippen LogP contribution in [0.25, 0.3) is 0 Å². The number of aromatic nitrogens is 2. The van der Waals surface area contributed by atoms with Crippen LogP contribution in [0.1, 0.15) is 44.2 Å². The normalized spacial score (nSPS) is 21.6. The topological polar surface area (TPSA) is 84.1 Å². The van der Waals surface area contributed by atoms with Crippen LogP contribution in [0.5, 0.6) is 0 Å². The first-order valence-corrected chi connectivity index (χ1v) is 9.38. The number of aromatic amines is 1. The van der Waals surface area contributed by atoms with E-state index < -0.39 is 0 Å². The number of rotatable bonds is 6. The van der Waals surface area contributed by atoms with Crippen molar-refractivity contribution in [3.8, 4) is 0 Å². The minimum Gasteiger partial charge on any atom is -0.376 e. The number of carbonyl (C=O) groups is 1. The molecule has 1 saturated heterocycles.